The summed E-state index contributed by atoms with van der Waals surface area (Å²) in [5, 5.41) is 9.22. The first-order valence-corrected chi connectivity index (χ1v) is 5.07. The molecule has 1 aliphatic heterocycles. The summed E-state index contributed by atoms with van der Waals surface area (Å²) in [7, 11) is 0. The van der Waals surface area contributed by atoms with E-state index in [4.69, 9.17) is 16.3 Å². The molecule has 4 nitrogen and oxygen atoms in total. The summed E-state index contributed by atoms with van der Waals surface area (Å²) in [6, 6.07) is 4.45. The number of rotatable bonds is 2. The smallest absolute Gasteiger partial charge is 0.260 e. The molecule has 0 bridgehead atoms. The van der Waals surface area contributed by atoms with Crippen molar-refractivity contribution in [3.63, 3.8) is 0 Å². The zero-order valence-electron chi connectivity index (χ0n) is 7.94. The average molecular weight is 228 g/mol. The van der Waals surface area contributed by atoms with Gasteiger partial charge in [0, 0.05) is 18.5 Å². The summed E-state index contributed by atoms with van der Waals surface area (Å²) in [5.74, 6) is 0.776. The van der Waals surface area contributed by atoms with Crippen LogP contribution in [-0.2, 0) is 0 Å². The Labute approximate surface area is 92.0 Å². The molecule has 0 radical (unpaired) electrons. The van der Waals surface area contributed by atoms with Gasteiger partial charge < -0.3 is 14.7 Å². The second-order valence-corrected chi connectivity index (χ2v) is 3.59. The number of alkyl halides is 1. The van der Waals surface area contributed by atoms with Crippen molar-refractivity contribution in [2.45, 2.75) is 0 Å². The van der Waals surface area contributed by atoms with E-state index >= 15 is 0 Å². The van der Waals surface area contributed by atoms with Crippen LogP contribution in [0.1, 0.15) is 10.4 Å². The Morgan fingerprint density at radius 3 is 3.07 bits per heavy atom. The van der Waals surface area contributed by atoms with Gasteiger partial charge in [0.25, 0.3) is 5.91 Å². The zero-order chi connectivity index (χ0) is 10.8. The maximum atomic E-state index is 11.8. The number of nitrogens with zero attached hydrogens (tertiary/aromatic N) is 1. The van der Waals surface area contributed by atoms with Gasteiger partial charge in [-0.3, -0.25) is 4.79 Å². The van der Waals surface area contributed by atoms with Crippen LogP contribution in [0.4, 0.5) is 0 Å². The Balaban J connectivity index is 2.30. The lowest BCUT2D eigenvalue weighted by atomic mass is 10.1. The van der Waals surface area contributed by atoms with Crippen LogP contribution in [0.15, 0.2) is 18.2 Å². The van der Waals surface area contributed by atoms with Crippen LogP contribution in [0, 0.1) is 0 Å². The minimum atomic E-state index is -0.114. The maximum absolute atomic E-state index is 11.8. The van der Waals surface area contributed by atoms with Gasteiger partial charge in [-0.25, -0.2) is 0 Å². The first-order chi connectivity index (χ1) is 7.22. The molecule has 0 fully saturated rings. The lowest BCUT2D eigenvalue weighted by Gasteiger charge is -2.28. The molecule has 0 saturated heterocycles. The van der Waals surface area contributed by atoms with Gasteiger partial charge in [-0.15, -0.1) is 11.6 Å². The number of phenolic OH excluding ortho intramolecular Hbond substituents is 1. The van der Waals surface area contributed by atoms with Crippen LogP contribution < -0.4 is 4.74 Å². The average Bonchev–Trinajstić information content (AvgIpc) is 2.22. The summed E-state index contributed by atoms with van der Waals surface area (Å²) in [6.07, 6.45) is 0. The fraction of sp³-hybridized carbons (Fsp3) is 0.300. The highest BCUT2D eigenvalue weighted by Crippen LogP contribution is 2.28. The van der Waals surface area contributed by atoms with Crippen LogP contribution in [0.25, 0.3) is 0 Å². The third-order valence-corrected chi connectivity index (χ3v) is 2.38. The van der Waals surface area contributed by atoms with Crippen molar-refractivity contribution in [1.29, 1.82) is 0 Å². The summed E-state index contributed by atoms with van der Waals surface area (Å²) >= 11 is 5.56. The monoisotopic (exact) mass is 227 g/mol. The number of fused-ring (bicyclic) bond motifs is 1. The van der Waals surface area contributed by atoms with Crippen molar-refractivity contribution in [3.8, 4) is 11.5 Å². The van der Waals surface area contributed by atoms with Gasteiger partial charge in [-0.2, -0.15) is 0 Å². The van der Waals surface area contributed by atoms with E-state index in [-0.39, 0.29) is 18.4 Å². The lowest BCUT2D eigenvalue weighted by molar-refractivity contribution is 0.0539. The molecular weight excluding hydrogens is 218 g/mol. The van der Waals surface area contributed by atoms with Crippen LogP contribution in [0.2, 0.25) is 0 Å². The molecule has 2 rings (SSSR count). The minimum absolute atomic E-state index is 0.0901. The van der Waals surface area contributed by atoms with E-state index in [9.17, 15) is 9.90 Å². The number of hydrogen-bond donors (Lipinski definition) is 1. The Hall–Kier alpha value is -1.42. The number of phenols is 1. The fourth-order valence-corrected chi connectivity index (χ4v) is 1.66. The fourth-order valence-electron chi connectivity index (χ4n) is 1.45. The molecule has 5 heteroatoms. The van der Waals surface area contributed by atoms with E-state index in [2.05, 4.69) is 0 Å². The van der Waals surface area contributed by atoms with E-state index in [0.29, 0.717) is 23.7 Å². The van der Waals surface area contributed by atoms with Gasteiger partial charge in [0.1, 0.15) is 11.5 Å². The largest absolute Gasteiger partial charge is 0.508 e. The maximum Gasteiger partial charge on any atom is 0.260 e. The summed E-state index contributed by atoms with van der Waals surface area (Å²) in [4.78, 5) is 13.3. The van der Waals surface area contributed by atoms with Crippen LogP contribution in [-0.4, -0.2) is 35.1 Å². The number of benzene rings is 1. The first kappa shape index (κ1) is 10.1. The molecule has 0 aromatic heterocycles. The molecule has 0 aliphatic carbocycles. The molecule has 0 atom stereocenters. The lowest BCUT2D eigenvalue weighted by Crippen LogP contribution is -2.39. The number of amides is 1. The van der Waals surface area contributed by atoms with Gasteiger partial charge in [-0.1, -0.05) is 0 Å². The molecule has 1 aromatic carbocycles. The molecule has 80 valence electrons. The van der Waals surface area contributed by atoms with Crippen LogP contribution in [0.3, 0.4) is 0 Å². The third kappa shape index (κ3) is 1.85. The van der Waals surface area contributed by atoms with E-state index in [1.165, 1.54) is 17.0 Å². The molecule has 15 heavy (non-hydrogen) atoms. The van der Waals surface area contributed by atoms with Crippen molar-refractivity contribution in [2.75, 3.05) is 19.2 Å². The SMILES string of the molecule is O=C1c2ccc(O)cc2OCN1CCCl. The summed E-state index contributed by atoms with van der Waals surface area (Å²) in [5.41, 5.74) is 0.462. The standard InChI is InChI=1S/C10H10ClNO3/c11-3-4-12-6-15-9-5-7(13)1-2-8(9)10(12)14/h1-2,5,13H,3-4,6H2. The number of hydrogen-bond acceptors (Lipinski definition) is 3. The van der Waals surface area contributed by atoms with Gasteiger partial charge in [-0.05, 0) is 12.1 Å². The van der Waals surface area contributed by atoms with Gasteiger partial charge in [0.05, 0.1) is 5.56 Å². The van der Waals surface area contributed by atoms with E-state index in [1.54, 1.807) is 6.07 Å². The molecule has 1 aliphatic rings. The number of ether oxygens (including phenoxy) is 1. The first-order valence-electron chi connectivity index (χ1n) is 4.53. The van der Waals surface area contributed by atoms with Gasteiger partial charge >= 0.3 is 0 Å². The van der Waals surface area contributed by atoms with Crippen molar-refractivity contribution in [3.05, 3.63) is 23.8 Å². The van der Waals surface area contributed by atoms with Crippen LogP contribution in [0.5, 0.6) is 11.5 Å². The quantitative estimate of drug-likeness (QED) is 0.778. The summed E-state index contributed by atoms with van der Waals surface area (Å²) in [6.45, 7) is 0.642. The number of carbonyl (C=O) groups excluding carboxylic acids is 1. The normalized spacial score (nSPS) is 14.7. The topological polar surface area (TPSA) is 49.8 Å². The molecule has 0 saturated carbocycles. The molecule has 1 N–H and O–H groups in total. The molecule has 1 amide bonds. The number of carbonyl (C=O) groups is 1. The molecule has 0 unspecified atom stereocenters. The zero-order valence-corrected chi connectivity index (χ0v) is 8.70. The van der Waals surface area contributed by atoms with E-state index < -0.39 is 0 Å². The second kappa shape index (κ2) is 3.98. The Morgan fingerprint density at radius 2 is 2.33 bits per heavy atom. The predicted octanol–water partition coefficient (Wildman–Crippen LogP) is 1.42. The van der Waals surface area contributed by atoms with Crippen molar-refractivity contribution >= 4 is 17.5 Å². The molecule has 1 heterocycles. The van der Waals surface area contributed by atoms with Crippen molar-refractivity contribution < 1.29 is 14.6 Å². The van der Waals surface area contributed by atoms with Crippen LogP contribution >= 0.6 is 11.6 Å². The molecule has 0 spiro atoms. The Bertz CT molecular complexity index is 394. The highest BCUT2D eigenvalue weighted by atomic mass is 35.5. The minimum Gasteiger partial charge on any atom is -0.508 e. The van der Waals surface area contributed by atoms with E-state index in [0.717, 1.165) is 0 Å². The molecular formula is C10H10ClNO3. The summed E-state index contributed by atoms with van der Waals surface area (Å²) < 4.78 is 5.33. The predicted molar refractivity (Wildman–Crippen MR) is 55.4 cm³/mol. The van der Waals surface area contributed by atoms with Gasteiger partial charge in [0.2, 0.25) is 0 Å². The van der Waals surface area contributed by atoms with Gasteiger partial charge in [0.15, 0.2) is 6.73 Å². The molecule has 1 aromatic rings. The number of halogens is 1. The van der Waals surface area contributed by atoms with E-state index in [1.807, 2.05) is 0 Å². The highest BCUT2D eigenvalue weighted by Gasteiger charge is 2.25. The number of aromatic hydroxyl groups is 1. The third-order valence-electron chi connectivity index (χ3n) is 2.21. The Morgan fingerprint density at radius 1 is 1.53 bits per heavy atom. The van der Waals surface area contributed by atoms with Crippen molar-refractivity contribution in [1.82, 2.24) is 4.90 Å². The second-order valence-electron chi connectivity index (χ2n) is 3.21. The Kier molecular flexibility index (Phi) is 2.68. The van der Waals surface area contributed by atoms with Crippen molar-refractivity contribution in [2.24, 2.45) is 0 Å². The highest BCUT2D eigenvalue weighted by molar-refractivity contribution is 6.18.